The molecule has 0 amide bonds. The summed E-state index contributed by atoms with van der Waals surface area (Å²) in [6.45, 7) is 6.19. The van der Waals surface area contributed by atoms with Gasteiger partial charge < -0.3 is 0 Å². The zero-order valence-corrected chi connectivity index (χ0v) is 9.82. The molecule has 0 bridgehead atoms. The average Bonchev–Trinajstić information content (AvgIpc) is 2.26. The largest absolute Gasteiger partial charge is 0.296 e. The van der Waals surface area contributed by atoms with Crippen LogP contribution >= 0.6 is 0 Å². The first kappa shape index (κ1) is 10.8. The molecule has 0 N–H and O–H groups in total. The van der Waals surface area contributed by atoms with Gasteiger partial charge in [0.25, 0.3) is 0 Å². The van der Waals surface area contributed by atoms with E-state index in [-0.39, 0.29) is 0 Å². The number of aryl methyl sites for hydroxylation is 1. The number of aromatic nitrogens is 1. The summed E-state index contributed by atoms with van der Waals surface area (Å²) in [7, 11) is 0. The molecule has 2 rings (SSSR count). The minimum atomic E-state index is 0.415. The maximum absolute atomic E-state index is 10.9. The Balaban J connectivity index is 2.81. The fourth-order valence-electron chi connectivity index (χ4n) is 1.93. The molecule has 0 fully saturated rings. The second-order valence-electron chi connectivity index (χ2n) is 4.38. The molecule has 16 heavy (non-hydrogen) atoms. The Kier molecular flexibility index (Phi) is 2.73. The van der Waals surface area contributed by atoms with E-state index in [1.54, 1.807) is 0 Å². The van der Waals surface area contributed by atoms with Crippen LogP contribution in [0.5, 0.6) is 0 Å². The summed E-state index contributed by atoms with van der Waals surface area (Å²) in [5.74, 6) is 0.415. The summed E-state index contributed by atoms with van der Waals surface area (Å²) >= 11 is 0. The van der Waals surface area contributed by atoms with Crippen LogP contribution in [0.4, 0.5) is 0 Å². The molecule has 0 spiro atoms. The summed E-state index contributed by atoms with van der Waals surface area (Å²) in [5.41, 5.74) is 3.62. The first-order valence-corrected chi connectivity index (χ1v) is 5.49. The summed E-state index contributed by atoms with van der Waals surface area (Å²) in [6.07, 6.45) is 0.825. The highest BCUT2D eigenvalue weighted by Gasteiger charge is 2.08. The maximum atomic E-state index is 10.9. The van der Waals surface area contributed by atoms with Gasteiger partial charge in [0.1, 0.15) is 5.69 Å². The number of benzene rings is 1. The van der Waals surface area contributed by atoms with Crippen LogP contribution in [0.2, 0.25) is 0 Å². The highest BCUT2D eigenvalue weighted by atomic mass is 16.1. The zero-order chi connectivity index (χ0) is 11.7. The van der Waals surface area contributed by atoms with Gasteiger partial charge in [0.05, 0.1) is 5.52 Å². The number of pyridine rings is 1. The van der Waals surface area contributed by atoms with Gasteiger partial charge in [-0.3, -0.25) is 4.79 Å². The fourth-order valence-corrected chi connectivity index (χ4v) is 1.93. The van der Waals surface area contributed by atoms with Crippen molar-refractivity contribution in [1.29, 1.82) is 0 Å². The minimum absolute atomic E-state index is 0.415. The monoisotopic (exact) mass is 213 g/mol. The Morgan fingerprint density at radius 1 is 1.31 bits per heavy atom. The molecule has 0 atom stereocenters. The van der Waals surface area contributed by atoms with E-state index in [2.05, 4.69) is 24.9 Å². The van der Waals surface area contributed by atoms with Gasteiger partial charge in [-0.2, -0.15) is 0 Å². The third-order valence-corrected chi connectivity index (χ3v) is 2.84. The standard InChI is InChI=1S/C14H15NO/c1-9(2)12-6-4-5-11-7-10(3)13(8-16)15-14(11)12/h4-9H,1-3H3. The second kappa shape index (κ2) is 4.05. The van der Waals surface area contributed by atoms with E-state index in [0.29, 0.717) is 11.6 Å². The lowest BCUT2D eigenvalue weighted by atomic mass is 9.98. The molecule has 0 aliphatic heterocycles. The molecule has 0 unspecified atom stereocenters. The van der Waals surface area contributed by atoms with Crippen LogP contribution in [0.3, 0.4) is 0 Å². The van der Waals surface area contributed by atoms with Crippen molar-refractivity contribution in [2.24, 2.45) is 0 Å². The van der Waals surface area contributed by atoms with Gasteiger partial charge in [-0.15, -0.1) is 0 Å². The van der Waals surface area contributed by atoms with Crippen molar-refractivity contribution in [2.45, 2.75) is 26.7 Å². The first-order chi connectivity index (χ1) is 7.63. The van der Waals surface area contributed by atoms with Gasteiger partial charge in [0, 0.05) is 5.39 Å². The Morgan fingerprint density at radius 3 is 2.69 bits per heavy atom. The van der Waals surface area contributed by atoms with E-state index < -0.39 is 0 Å². The molecule has 1 aromatic carbocycles. The fraction of sp³-hybridized carbons (Fsp3) is 0.286. The number of nitrogens with zero attached hydrogens (tertiary/aromatic N) is 1. The Morgan fingerprint density at radius 2 is 2.06 bits per heavy atom. The van der Waals surface area contributed by atoms with E-state index in [9.17, 15) is 4.79 Å². The van der Waals surface area contributed by atoms with Crippen LogP contribution in [-0.2, 0) is 0 Å². The van der Waals surface area contributed by atoms with E-state index in [1.807, 2.05) is 25.1 Å². The van der Waals surface area contributed by atoms with Crippen LogP contribution in [0.1, 0.15) is 41.4 Å². The molecule has 0 aliphatic rings. The molecule has 0 aliphatic carbocycles. The van der Waals surface area contributed by atoms with Gasteiger partial charge >= 0.3 is 0 Å². The lowest BCUT2D eigenvalue weighted by molar-refractivity contribution is 0.111. The van der Waals surface area contributed by atoms with E-state index >= 15 is 0 Å². The van der Waals surface area contributed by atoms with Gasteiger partial charge in [0.15, 0.2) is 6.29 Å². The molecule has 82 valence electrons. The van der Waals surface area contributed by atoms with E-state index in [1.165, 1.54) is 5.56 Å². The molecule has 2 aromatic rings. The lowest BCUT2D eigenvalue weighted by Gasteiger charge is -2.10. The summed E-state index contributed by atoms with van der Waals surface area (Å²) in [4.78, 5) is 15.3. The van der Waals surface area contributed by atoms with Gasteiger partial charge in [-0.1, -0.05) is 32.0 Å². The number of carbonyl (C=O) groups excluding carboxylic acids is 1. The molecule has 1 heterocycles. The molecule has 0 radical (unpaired) electrons. The third-order valence-electron chi connectivity index (χ3n) is 2.84. The van der Waals surface area contributed by atoms with E-state index in [4.69, 9.17) is 0 Å². The number of hydrogen-bond donors (Lipinski definition) is 0. The van der Waals surface area contributed by atoms with Gasteiger partial charge in [-0.25, -0.2) is 4.98 Å². The van der Waals surface area contributed by atoms with Crippen LogP contribution in [0, 0.1) is 6.92 Å². The van der Waals surface area contributed by atoms with Crippen LogP contribution < -0.4 is 0 Å². The Hall–Kier alpha value is -1.70. The van der Waals surface area contributed by atoms with Crippen LogP contribution in [0.15, 0.2) is 24.3 Å². The quantitative estimate of drug-likeness (QED) is 0.715. The third kappa shape index (κ3) is 1.71. The van der Waals surface area contributed by atoms with Crippen molar-refractivity contribution in [3.8, 4) is 0 Å². The Labute approximate surface area is 95.3 Å². The summed E-state index contributed by atoms with van der Waals surface area (Å²) in [6, 6.07) is 8.18. The molecule has 0 saturated carbocycles. The highest BCUT2D eigenvalue weighted by Crippen LogP contribution is 2.24. The molecular formula is C14H15NO. The molecule has 1 aromatic heterocycles. The zero-order valence-electron chi connectivity index (χ0n) is 9.82. The SMILES string of the molecule is Cc1cc2cccc(C(C)C)c2nc1C=O. The van der Waals surface area contributed by atoms with Gasteiger partial charge in [0.2, 0.25) is 0 Å². The first-order valence-electron chi connectivity index (χ1n) is 5.49. The Bertz CT molecular complexity index is 544. The van der Waals surface area contributed by atoms with Crippen molar-refractivity contribution >= 4 is 17.2 Å². The number of rotatable bonds is 2. The molecular weight excluding hydrogens is 198 g/mol. The number of aldehydes is 1. The van der Waals surface area contributed by atoms with Crippen molar-refractivity contribution in [3.05, 3.63) is 41.1 Å². The lowest BCUT2D eigenvalue weighted by Crippen LogP contribution is -1.97. The summed E-state index contributed by atoms with van der Waals surface area (Å²) in [5, 5.41) is 1.11. The topological polar surface area (TPSA) is 30.0 Å². The number of carbonyl (C=O) groups is 1. The van der Waals surface area contributed by atoms with Crippen LogP contribution in [-0.4, -0.2) is 11.3 Å². The minimum Gasteiger partial charge on any atom is -0.296 e. The summed E-state index contributed by atoms with van der Waals surface area (Å²) < 4.78 is 0. The van der Waals surface area contributed by atoms with E-state index in [0.717, 1.165) is 22.8 Å². The second-order valence-corrected chi connectivity index (χ2v) is 4.38. The maximum Gasteiger partial charge on any atom is 0.168 e. The van der Waals surface area contributed by atoms with Crippen LogP contribution in [0.25, 0.3) is 10.9 Å². The van der Waals surface area contributed by atoms with Gasteiger partial charge in [-0.05, 0) is 30.0 Å². The van der Waals surface area contributed by atoms with Crippen molar-refractivity contribution in [1.82, 2.24) is 4.98 Å². The molecule has 2 nitrogen and oxygen atoms in total. The highest BCUT2D eigenvalue weighted by molar-refractivity contribution is 5.87. The number of fused-ring (bicyclic) bond motifs is 1. The smallest absolute Gasteiger partial charge is 0.168 e. The predicted molar refractivity (Wildman–Crippen MR) is 66.0 cm³/mol. The average molecular weight is 213 g/mol. The van der Waals surface area contributed by atoms with Crippen molar-refractivity contribution in [3.63, 3.8) is 0 Å². The van der Waals surface area contributed by atoms with Crippen molar-refractivity contribution in [2.75, 3.05) is 0 Å². The number of hydrogen-bond acceptors (Lipinski definition) is 2. The normalized spacial score (nSPS) is 11.0. The van der Waals surface area contributed by atoms with Crippen molar-refractivity contribution < 1.29 is 4.79 Å². The molecule has 0 saturated heterocycles. The molecule has 2 heteroatoms. The number of para-hydroxylation sites is 1. The predicted octanol–water partition coefficient (Wildman–Crippen LogP) is 3.48.